The quantitative estimate of drug-likeness (QED) is 0.839. The van der Waals surface area contributed by atoms with Crippen LogP contribution < -0.4 is 5.73 Å². The number of hydrogen-bond acceptors (Lipinski definition) is 4. The third-order valence-electron chi connectivity index (χ3n) is 3.17. The van der Waals surface area contributed by atoms with Crippen molar-refractivity contribution in [3.05, 3.63) is 28.8 Å². The lowest BCUT2D eigenvalue weighted by molar-refractivity contribution is 0.218. The van der Waals surface area contributed by atoms with E-state index in [0.717, 1.165) is 5.56 Å². The Hall–Kier alpha value is -0.780. The van der Waals surface area contributed by atoms with Crippen molar-refractivity contribution in [2.24, 2.45) is 0 Å². The van der Waals surface area contributed by atoms with Crippen LogP contribution in [-0.4, -0.2) is 37.4 Å². The van der Waals surface area contributed by atoms with Crippen molar-refractivity contribution >= 4 is 27.1 Å². The van der Waals surface area contributed by atoms with Gasteiger partial charge in [0.05, 0.1) is 11.5 Å². The van der Waals surface area contributed by atoms with Gasteiger partial charge in [0.15, 0.2) is 9.84 Å². The van der Waals surface area contributed by atoms with Gasteiger partial charge in [0.1, 0.15) is 0 Å². The zero-order chi connectivity index (χ0) is 13.3. The largest absolute Gasteiger partial charge is 0.399 e. The minimum absolute atomic E-state index is 0.0314. The predicted octanol–water partition coefficient (Wildman–Crippen LogP) is 1.54. The van der Waals surface area contributed by atoms with E-state index in [4.69, 9.17) is 17.3 Å². The summed E-state index contributed by atoms with van der Waals surface area (Å²) in [4.78, 5) is 2.14. The van der Waals surface area contributed by atoms with Crippen molar-refractivity contribution in [3.8, 4) is 0 Å². The molecule has 100 valence electrons. The molecule has 0 aromatic heterocycles. The molecule has 1 aliphatic heterocycles. The van der Waals surface area contributed by atoms with Crippen LogP contribution in [-0.2, 0) is 16.4 Å². The van der Waals surface area contributed by atoms with E-state index in [1.807, 2.05) is 19.1 Å². The number of anilines is 1. The summed E-state index contributed by atoms with van der Waals surface area (Å²) < 4.78 is 23.0. The summed E-state index contributed by atoms with van der Waals surface area (Å²) in [5.41, 5.74) is 7.40. The Morgan fingerprint density at radius 1 is 1.44 bits per heavy atom. The summed E-state index contributed by atoms with van der Waals surface area (Å²) in [6.45, 7) is 3.18. The highest BCUT2D eigenvalue weighted by Crippen LogP contribution is 2.20. The summed E-state index contributed by atoms with van der Waals surface area (Å²) in [6, 6.07) is 5.48. The Bertz CT molecular complexity index is 525. The first-order chi connectivity index (χ1) is 8.35. The third-order valence-corrected chi connectivity index (χ3v) is 5.19. The molecule has 1 atom stereocenters. The fraction of sp³-hybridized carbons (Fsp3) is 0.500. The first kappa shape index (κ1) is 13.6. The molecule has 0 saturated carbocycles. The van der Waals surface area contributed by atoms with Crippen LogP contribution in [0.2, 0.25) is 5.02 Å². The summed E-state index contributed by atoms with van der Waals surface area (Å²) in [5.74, 6) is 0.455. The van der Waals surface area contributed by atoms with Gasteiger partial charge in [-0.3, -0.25) is 4.90 Å². The van der Waals surface area contributed by atoms with E-state index < -0.39 is 9.84 Å². The maximum absolute atomic E-state index is 11.5. The fourth-order valence-corrected chi connectivity index (χ4v) is 4.16. The summed E-state index contributed by atoms with van der Waals surface area (Å²) in [5, 5.41) is 0.613. The second kappa shape index (κ2) is 5.07. The Kier molecular flexibility index (Phi) is 3.84. The van der Waals surface area contributed by atoms with Gasteiger partial charge in [0.2, 0.25) is 0 Å². The molecule has 1 fully saturated rings. The Balaban J connectivity index is 2.10. The van der Waals surface area contributed by atoms with Gasteiger partial charge >= 0.3 is 0 Å². The number of benzene rings is 1. The topological polar surface area (TPSA) is 63.4 Å². The molecule has 2 N–H and O–H groups in total. The number of nitrogen functional groups attached to an aromatic ring is 1. The van der Waals surface area contributed by atoms with Crippen LogP contribution in [0.1, 0.15) is 12.5 Å². The summed E-state index contributed by atoms with van der Waals surface area (Å²) in [7, 11) is -2.87. The van der Waals surface area contributed by atoms with E-state index in [9.17, 15) is 8.42 Å². The number of hydrogen-bond donors (Lipinski definition) is 1. The van der Waals surface area contributed by atoms with Crippen molar-refractivity contribution in [2.45, 2.75) is 19.5 Å². The Labute approximate surface area is 113 Å². The fourth-order valence-electron chi connectivity index (χ4n) is 2.27. The number of nitrogens with zero attached hydrogens (tertiary/aromatic N) is 1. The predicted molar refractivity (Wildman–Crippen MR) is 74.4 cm³/mol. The van der Waals surface area contributed by atoms with Crippen molar-refractivity contribution in [3.63, 3.8) is 0 Å². The van der Waals surface area contributed by atoms with Gasteiger partial charge in [-0.2, -0.15) is 0 Å². The molecule has 1 aromatic rings. The van der Waals surface area contributed by atoms with Crippen LogP contribution in [0, 0.1) is 0 Å². The van der Waals surface area contributed by atoms with Crippen molar-refractivity contribution in [2.75, 3.05) is 23.8 Å². The first-order valence-electron chi connectivity index (χ1n) is 5.85. The SMILES string of the molecule is CC1CS(=O)(=O)CCN1Cc1cc(N)cc(Cl)c1. The van der Waals surface area contributed by atoms with Crippen LogP contribution in [0.3, 0.4) is 0 Å². The van der Waals surface area contributed by atoms with Crippen LogP contribution >= 0.6 is 11.6 Å². The summed E-state index contributed by atoms with van der Waals surface area (Å²) >= 11 is 5.96. The molecule has 2 rings (SSSR count). The van der Waals surface area contributed by atoms with Gasteiger partial charge in [-0.25, -0.2) is 8.42 Å². The van der Waals surface area contributed by atoms with Crippen LogP contribution in [0.15, 0.2) is 18.2 Å². The maximum atomic E-state index is 11.5. The van der Waals surface area contributed by atoms with Crippen LogP contribution in [0.4, 0.5) is 5.69 Å². The molecule has 0 spiro atoms. The third kappa shape index (κ3) is 3.37. The van der Waals surface area contributed by atoms with E-state index in [1.54, 1.807) is 6.07 Å². The lowest BCUT2D eigenvalue weighted by Crippen LogP contribution is -2.46. The molecular formula is C12H17ClN2O2S. The van der Waals surface area contributed by atoms with Gasteiger partial charge < -0.3 is 5.73 Å². The second-order valence-corrected chi connectivity index (χ2v) is 7.49. The average Bonchev–Trinajstić information content (AvgIpc) is 2.20. The molecule has 0 amide bonds. The molecule has 0 aliphatic carbocycles. The van der Waals surface area contributed by atoms with E-state index >= 15 is 0 Å². The van der Waals surface area contributed by atoms with Crippen molar-refractivity contribution in [1.82, 2.24) is 4.90 Å². The second-order valence-electron chi connectivity index (χ2n) is 4.83. The standard InChI is InChI=1S/C12H17ClN2O2S/c1-9-8-18(16,17)3-2-15(9)7-10-4-11(13)6-12(14)5-10/h4-6,9H,2-3,7-8,14H2,1H3. The molecule has 4 nitrogen and oxygen atoms in total. The number of halogens is 1. The molecule has 0 bridgehead atoms. The van der Waals surface area contributed by atoms with E-state index in [-0.39, 0.29) is 17.5 Å². The number of rotatable bonds is 2. The Morgan fingerprint density at radius 3 is 2.78 bits per heavy atom. The van der Waals surface area contributed by atoms with Gasteiger partial charge in [-0.05, 0) is 30.7 Å². The van der Waals surface area contributed by atoms with Gasteiger partial charge in [0, 0.05) is 29.8 Å². The molecule has 0 radical (unpaired) electrons. The molecule has 1 aliphatic rings. The van der Waals surface area contributed by atoms with E-state index in [1.165, 1.54) is 0 Å². The van der Waals surface area contributed by atoms with E-state index in [2.05, 4.69) is 4.90 Å². The molecule has 1 saturated heterocycles. The normalized spacial score (nSPS) is 24.0. The smallest absolute Gasteiger partial charge is 0.153 e. The molecule has 1 unspecified atom stereocenters. The molecular weight excluding hydrogens is 272 g/mol. The monoisotopic (exact) mass is 288 g/mol. The van der Waals surface area contributed by atoms with Crippen LogP contribution in [0.25, 0.3) is 0 Å². The van der Waals surface area contributed by atoms with Crippen LogP contribution in [0.5, 0.6) is 0 Å². The number of nitrogens with two attached hydrogens (primary N) is 1. The van der Waals surface area contributed by atoms with Gasteiger partial charge in [0.25, 0.3) is 0 Å². The highest BCUT2D eigenvalue weighted by Gasteiger charge is 2.27. The highest BCUT2D eigenvalue weighted by atomic mass is 35.5. The molecule has 1 aromatic carbocycles. The Morgan fingerprint density at radius 2 is 2.17 bits per heavy atom. The zero-order valence-electron chi connectivity index (χ0n) is 10.3. The zero-order valence-corrected chi connectivity index (χ0v) is 11.8. The minimum atomic E-state index is -2.87. The number of sulfone groups is 1. The van der Waals surface area contributed by atoms with Gasteiger partial charge in [-0.15, -0.1) is 0 Å². The molecule has 1 heterocycles. The molecule has 18 heavy (non-hydrogen) atoms. The highest BCUT2D eigenvalue weighted by molar-refractivity contribution is 7.91. The average molecular weight is 289 g/mol. The maximum Gasteiger partial charge on any atom is 0.153 e. The van der Waals surface area contributed by atoms with Crippen molar-refractivity contribution < 1.29 is 8.42 Å². The summed E-state index contributed by atoms with van der Waals surface area (Å²) in [6.07, 6.45) is 0. The lowest BCUT2D eigenvalue weighted by atomic mass is 10.1. The van der Waals surface area contributed by atoms with Crippen molar-refractivity contribution in [1.29, 1.82) is 0 Å². The van der Waals surface area contributed by atoms with Gasteiger partial charge in [-0.1, -0.05) is 11.6 Å². The lowest BCUT2D eigenvalue weighted by Gasteiger charge is -2.33. The molecule has 6 heteroatoms. The first-order valence-corrected chi connectivity index (χ1v) is 8.05. The minimum Gasteiger partial charge on any atom is -0.399 e. The van der Waals surface area contributed by atoms with E-state index in [0.29, 0.717) is 23.8 Å².